The van der Waals surface area contributed by atoms with Gasteiger partial charge in [0.2, 0.25) is 0 Å². The first-order valence-corrected chi connectivity index (χ1v) is 10.2. The Morgan fingerprint density at radius 1 is 0.903 bits per heavy atom. The fourth-order valence-electron chi connectivity index (χ4n) is 3.20. The molecule has 4 aromatic rings. The summed E-state index contributed by atoms with van der Waals surface area (Å²) >= 11 is 6.01. The van der Waals surface area contributed by atoms with Gasteiger partial charge in [-0.05, 0) is 60.7 Å². The summed E-state index contributed by atoms with van der Waals surface area (Å²) in [4.78, 5) is 17.8. The number of fused-ring (bicyclic) bond motifs is 1. The minimum Gasteiger partial charge on any atom is -0.491 e. The van der Waals surface area contributed by atoms with Gasteiger partial charge in [0.05, 0.1) is 30.7 Å². The number of para-hydroxylation sites is 1. The maximum atomic E-state index is 13.1. The molecule has 0 radical (unpaired) electrons. The summed E-state index contributed by atoms with van der Waals surface area (Å²) in [5.41, 5.74) is 1.32. The molecule has 1 heterocycles. The maximum absolute atomic E-state index is 13.1. The van der Waals surface area contributed by atoms with Crippen molar-refractivity contribution in [1.82, 2.24) is 9.55 Å². The highest BCUT2D eigenvalue weighted by atomic mass is 35.5. The molecule has 1 aromatic heterocycles. The van der Waals surface area contributed by atoms with Crippen molar-refractivity contribution < 1.29 is 13.9 Å². The van der Waals surface area contributed by atoms with Crippen molar-refractivity contribution in [3.63, 3.8) is 0 Å². The summed E-state index contributed by atoms with van der Waals surface area (Å²) in [6.07, 6.45) is 0. The van der Waals surface area contributed by atoms with Crippen molar-refractivity contribution in [2.45, 2.75) is 6.54 Å². The van der Waals surface area contributed by atoms with Gasteiger partial charge in [0.1, 0.15) is 24.0 Å². The molecule has 158 valence electrons. The van der Waals surface area contributed by atoms with Crippen LogP contribution in [0, 0.1) is 5.82 Å². The Labute approximate surface area is 183 Å². The van der Waals surface area contributed by atoms with Crippen molar-refractivity contribution in [2.24, 2.45) is 0 Å². The SMILES string of the molecule is O=c1c2ccccc2nc(-c2ccc(Cl)cc2)n1CCOCCOc1ccc(F)cc1. The summed E-state index contributed by atoms with van der Waals surface area (Å²) in [5.74, 6) is 0.825. The number of aromatic nitrogens is 2. The molecule has 0 bridgehead atoms. The summed E-state index contributed by atoms with van der Waals surface area (Å²) in [6, 6.07) is 20.3. The van der Waals surface area contributed by atoms with Gasteiger partial charge in [-0.3, -0.25) is 9.36 Å². The van der Waals surface area contributed by atoms with E-state index in [1.807, 2.05) is 30.3 Å². The maximum Gasteiger partial charge on any atom is 0.261 e. The molecule has 0 amide bonds. The molecule has 0 saturated carbocycles. The van der Waals surface area contributed by atoms with Crippen molar-refractivity contribution in [3.8, 4) is 17.1 Å². The number of rotatable bonds is 8. The molecule has 0 N–H and O–H groups in total. The largest absolute Gasteiger partial charge is 0.491 e. The van der Waals surface area contributed by atoms with Crippen LogP contribution in [0.2, 0.25) is 5.02 Å². The van der Waals surface area contributed by atoms with Gasteiger partial charge in [-0.25, -0.2) is 9.37 Å². The number of hydrogen-bond donors (Lipinski definition) is 0. The number of benzene rings is 3. The Morgan fingerprint density at radius 2 is 1.65 bits per heavy atom. The van der Waals surface area contributed by atoms with Crippen LogP contribution in [0.5, 0.6) is 5.75 Å². The highest BCUT2D eigenvalue weighted by Crippen LogP contribution is 2.21. The van der Waals surface area contributed by atoms with Gasteiger partial charge in [-0.2, -0.15) is 0 Å². The first kappa shape index (κ1) is 21.0. The van der Waals surface area contributed by atoms with Gasteiger partial charge < -0.3 is 9.47 Å². The van der Waals surface area contributed by atoms with E-state index in [1.165, 1.54) is 12.1 Å². The molecular formula is C24H20ClFN2O3. The van der Waals surface area contributed by atoms with Gasteiger partial charge in [0, 0.05) is 10.6 Å². The van der Waals surface area contributed by atoms with Gasteiger partial charge in [0.25, 0.3) is 5.56 Å². The van der Waals surface area contributed by atoms with E-state index in [0.717, 1.165) is 5.56 Å². The van der Waals surface area contributed by atoms with Gasteiger partial charge in [-0.15, -0.1) is 0 Å². The number of halogens is 2. The molecule has 3 aromatic carbocycles. The van der Waals surface area contributed by atoms with E-state index in [-0.39, 0.29) is 11.4 Å². The topological polar surface area (TPSA) is 53.4 Å². The molecule has 0 saturated heterocycles. The van der Waals surface area contributed by atoms with Crippen LogP contribution in [-0.2, 0) is 11.3 Å². The highest BCUT2D eigenvalue weighted by Gasteiger charge is 2.12. The summed E-state index contributed by atoms with van der Waals surface area (Å²) in [6.45, 7) is 1.31. The van der Waals surface area contributed by atoms with Crippen molar-refractivity contribution >= 4 is 22.5 Å². The van der Waals surface area contributed by atoms with E-state index in [2.05, 4.69) is 0 Å². The molecule has 31 heavy (non-hydrogen) atoms. The number of ether oxygens (including phenoxy) is 2. The van der Waals surface area contributed by atoms with E-state index < -0.39 is 0 Å². The lowest BCUT2D eigenvalue weighted by Gasteiger charge is -2.14. The van der Waals surface area contributed by atoms with Gasteiger partial charge in [0.15, 0.2) is 0 Å². The first-order chi connectivity index (χ1) is 15.1. The van der Waals surface area contributed by atoms with Crippen molar-refractivity contribution in [3.05, 3.63) is 94.0 Å². The Hall–Kier alpha value is -3.22. The molecule has 0 spiro atoms. The zero-order valence-corrected chi connectivity index (χ0v) is 17.4. The fraction of sp³-hybridized carbons (Fsp3) is 0.167. The Bertz CT molecular complexity index is 1220. The molecular weight excluding hydrogens is 419 g/mol. The number of nitrogens with zero attached hydrogens (tertiary/aromatic N) is 2. The quantitative estimate of drug-likeness (QED) is 0.365. The zero-order valence-electron chi connectivity index (χ0n) is 16.6. The summed E-state index contributed by atoms with van der Waals surface area (Å²) in [5, 5.41) is 1.17. The predicted octanol–water partition coefficient (Wildman–Crippen LogP) is 4.95. The third kappa shape index (κ3) is 5.10. The smallest absolute Gasteiger partial charge is 0.261 e. The lowest BCUT2D eigenvalue weighted by molar-refractivity contribution is 0.0940. The normalized spacial score (nSPS) is 11.0. The Morgan fingerprint density at radius 3 is 2.42 bits per heavy atom. The molecule has 5 nitrogen and oxygen atoms in total. The van der Waals surface area contributed by atoms with Crippen molar-refractivity contribution in [2.75, 3.05) is 19.8 Å². The fourth-order valence-corrected chi connectivity index (χ4v) is 3.33. The lowest BCUT2D eigenvalue weighted by Crippen LogP contribution is -2.26. The van der Waals surface area contributed by atoms with E-state index in [1.54, 1.807) is 34.9 Å². The molecule has 0 fully saturated rings. The van der Waals surface area contributed by atoms with Crippen LogP contribution < -0.4 is 10.3 Å². The zero-order chi connectivity index (χ0) is 21.6. The van der Waals surface area contributed by atoms with E-state index in [0.29, 0.717) is 53.9 Å². The predicted molar refractivity (Wildman–Crippen MR) is 119 cm³/mol. The second kappa shape index (κ2) is 9.73. The monoisotopic (exact) mass is 438 g/mol. The van der Waals surface area contributed by atoms with Crippen LogP contribution in [0.3, 0.4) is 0 Å². The Balaban J connectivity index is 1.46. The van der Waals surface area contributed by atoms with Crippen LogP contribution in [0.1, 0.15) is 0 Å². The third-order valence-electron chi connectivity index (χ3n) is 4.73. The minimum absolute atomic E-state index is 0.123. The Kier molecular flexibility index (Phi) is 6.60. The van der Waals surface area contributed by atoms with E-state index in [4.69, 9.17) is 26.1 Å². The van der Waals surface area contributed by atoms with Crippen LogP contribution in [0.4, 0.5) is 4.39 Å². The molecule has 0 aliphatic rings. The van der Waals surface area contributed by atoms with E-state index >= 15 is 0 Å². The molecule has 7 heteroatoms. The van der Waals surface area contributed by atoms with Crippen LogP contribution in [0.15, 0.2) is 77.6 Å². The average molecular weight is 439 g/mol. The van der Waals surface area contributed by atoms with Crippen molar-refractivity contribution in [1.29, 1.82) is 0 Å². The second-order valence-corrected chi connectivity index (χ2v) is 7.27. The minimum atomic E-state index is -0.311. The van der Waals surface area contributed by atoms with Gasteiger partial charge >= 0.3 is 0 Å². The summed E-state index contributed by atoms with van der Waals surface area (Å²) < 4.78 is 25.7. The molecule has 0 atom stereocenters. The standard InChI is InChI=1S/C24H20ClFN2O3/c25-18-7-5-17(6-8-18)23-27-22-4-2-1-3-21(22)24(29)28(23)13-14-30-15-16-31-20-11-9-19(26)10-12-20/h1-12H,13-16H2. The summed E-state index contributed by atoms with van der Waals surface area (Å²) in [7, 11) is 0. The van der Waals surface area contributed by atoms with E-state index in [9.17, 15) is 9.18 Å². The number of hydrogen-bond acceptors (Lipinski definition) is 4. The third-order valence-corrected chi connectivity index (χ3v) is 4.99. The average Bonchev–Trinajstić information content (AvgIpc) is 2.79. The lowest BCUT2D eigenvalue weighted by atomic mass is 10.2. The van der Waals surface area contributed by atoms with Crippen LogP contribution >= 0.6 is 11.6 Å². The molecule has 0 unspecified atom stereocenters. The van der Waals surface area contributed by atoms with Gasteiger partial charge in [-0.1, -0.05) is 23.7 Å². The van der Waals surface area contributed by atoms with Crippen LogP contribution in [-0.4, -0.2) is 29.4 Å². The molecule has 4 rings (SSSR count). The molecule has 0 aliphatic heterocycles. The highest BCUT2D eigenvalue weighted by molar-refractivity contribution is 6.30. The molecule has 0 aliphatic carbocycles. The van der Waals surface area contributed by atoms with Crippen LogP contribution in [0.25, 0.3) is 22.3 Å². The first-order valence-electron chi connectivity index (χ1n) is 9.83. The second-order valence-electron chi connectivity index (χ2n) is 6.83.